The topological polar surface area (TPSA) is 66.8 Å². The molecule has 5 heteroatoms. The lowest BCUT2D eigenvalue weighted by Crippen LogP contribution is -1.88. The molecule has 2 N–H and O–H groups in total. The second-order valence-corrected chi connectivity index (χ2v) is 2.99. The van der Waals surface area contributed by atoms with Crippen molar-refractivity contribution in [2.45, 2.75) is 18.9 Å². The van der Waals surface area contributed by atoms with E-state index in [1.54, 1.807) is 0 Å². The molecule has 0 atom stereocenters. The SMILES string of the molecule is O=P(O)(O)OC1CC1. The maximum absolute atomic E-state index is 9.95. The summed E-state index contributed by atoms with van der Waals surface area (Å²) >= 11 is 0. The molecule has 0 aromatic carbocycles. The Hall–Kier alpha value is 0.110. The molecule has 0 heterocycles. The van der Waals surface area contributed by atoms with E-state index >= 15 is 0 Å². The first kappa shape index (κ1) is 6.23. The maximum atomic E-state index is 9.95. The molecule has 0 saturated heterocycles. The largest absolute Gasteiger partial charge is 0.469 e. The first-order chi connectivity index (χ1) is 3.58. The average molecular weight is 138 g/mol. The summed E-state index contributed by atoms with van der Waals surface area (Å²) in [6.07, 6.45) is 1.40. The molecule has 0 bridgehead atoms. The lowest BCUT2D eigenvalue weighted by Gasteiger charge is -2.00. The van der Waals surface area contributed by atoms with E-state index < -0.39 is 7.82 Å². The highest BCUT2D eigenvalue weighted by Crippen LogP contribution is 2.43. The van der Waals surface area contributed by atoms with Gasteiger partial charge in [-0.1, -0.05) is 0 Å². The van der Waals surface area contributed by atoms with Crippen LogP contribution >= 0.6 is 7.82 Å². The number of rotatable bonds is 2. The third-order valence-electron chi connectivity index (χ3n) is 0.811. The molecule has 4 nitrogen and oxygen atoms in total. The molecule has 0 radical (unpaired) electrons. The predicted octanol–water partition coefficient (Wildman–Crippen LogP) is 0.258. The van der Waals surface area contributed by atoms with Crippen molar-refractivity contribution in [1.29, 1.82) is 0 Å². The molecule has 1 rings (SSSR count). The summed E-state index contributed by atoms with van der Waals surface area (Å²) in [5, 5.41) is 0. The van der Waals surface area contributed by atoms with Gasteiger partial charge >= 0.3 is 7.82 Å². The van der Waals surface area contributed by atoms with Gasteiger partial charge in [-0.15, -0.1) is 0 Å². The standard InChI is InChI=1S/C3H7O4P/c4-8(5,6)7-3-1-2-3/h3H,1-2H2,(H2,4,5,6). The minimum Gasteiger partial charge on any atom is -0.303 e. The molecule has 0 amide bonds. The Morgan fingerprint density at radius 2 is 2.00 bits per heavy atom. The van der Waals surface area contributed by atoms with Gasteiger partial charge in [-0.05, 0) is 12.8 Å². The van der Waals surface area contributed by atoms with Crippen molar-refractivity contribution >= 4 is 7.82 Å². The van der Waals surface area contributed by atoms with Crippen molar-refractivity contribution in [3.8, 4) is 0 Å². The highest BCUT2D eigenvalue weighted by molar-refractivity contribution is 7.46. The van der Waals surface area contributed by atoms with Crippen LogP contribution in [0.1, 0.15) is 12.8 Å². The Kier molecular flexibility index (Phi) is 1.41. The van der Waals surface area contributed by atoms with Crippen LogP contribution < -0.4 is 0 Å². The average Bonchev–Trinajstić information content (AvgIpc) is 2.12. The molecular formula is C3H7O4P. The highest BCUT2D eigenvalue weighted by atomic mass is 31.2. The molecule has 0 unspecified atom stereocenters. The quantitative estimate of drug-likeness (QED) is 0.537. The van der Waals surface area contributed by atoms with Gasteiger partial charge in [-0.3, -0.25) is 4.52 Å². The molecule has 1 saturated carbocycles. The minimum absolute atomic E-state index is 0.171. The van der Waals surface area contributed by atoms with Gasteiger partial charge in [0.25, 0.3) is 0 Å². The molecule has 0 aliphatic heterocycles. The number of hydrogen-bond acceptors (Lipinski definition) is 2. The van der Waals surface area contributed by atoms with Crippen LogP contribution in [0.3, 0.4) is 0 Å². The summed E-state index contributed by atoms with van der Waals surface area (Å²) in [4.78, 5) is 16.2. The molecule has 8 heavy (non-hydrogen) atoms. The zero-order chi connectivity index (χ0) is 6.20. The third-order valence-corrected chi connectivity index (χ3v) is 1.38. The molecular weight excluding hydrogens is 131 g/mol. The van der Waals surface area contributed by atoms with Crippen molar-refractivity contribution in [1.82, 2.24) is 0 Å². The van der Waals surface area contributed by atoms with Crippen LogP contribution in [0.5, 0.6) is 0 Å². The lowest BCUT2D eigenvalue weighted by molar-refractivity contribution is 0.188. The van der Waals surface area contributed by atoms with E-state index in [-0.39, 0.29) is 6.10 Å². The van der Waals surface area contributed by atoms with Gasteiger partial charge in [0.1, 0.15) is 0 Å². The number of phosphoric acid groups is 1. The zero-order valence-electron chi connectivity index (χ0n) is 4.15. The van der Waals surface area contributed by atoms with E-state index in [1.807, 2.05) is 0 Å². The van der Waals surface area contributed by atoms with E-state index in [9.17, 15) is 4.57 Å². The van der Waals surface area contributed by atoms with Crippen LogP contribution in [0.15, 0.2) is 0 Å². The van der Waals surface area contributed by atoms with E-state index in [0.29, 0.717) is 0 Å². The molecule has 0 aromatic rings. The summed E-state index contributed by atoms with van der Waals surface area (Å²) in [5.74, 6) is 0. The van der Waals surface area contributed by atoms with Crippen molar-refractivity contribution in [2.75, 3.05) is 0 Å². The van der Waals surface area contributed by atoms with Gasteiger partial charge in [0.05, 0.1) is 6.10 Å². The van der Waals surface area contributed by atoms with E-state index in [0.717, 1.165) is 12.8 Å². The third kappa shape index (κ3) is 2.43. The van der Waals surface area contributed by atoms with Gasteiger partial charge < -0.3 is 9.79 Å². The fourth-order valence-corrected chi connectivity index (χ4v) is 0.967. The molecule has 1 aliphatic carbocycles. The van der Waals surface area contributed by atoms with Crippen molar-refractivity contribution in [3.05, 3.63) is 0 Å². The smallest absolute Gasteiger partial charge is 0.303 e. The summed E-state index contributed by atoms with van der Waals surface area (Å²) in [7, 11) is -4.16. The predicted molar refractivity (Wildman–Crippen MR) is 26.2 cm³/mol. The second-order valence-electron chi connectivity index (χ2n) is 1.80. The maximum Gasteiger partial charge on any atom is 0.469 e. The Morgan fingerprint density at radius 3 is 2.12 bits per heavy atom. The van der Waals surface area contributed by atoms with Crippen LogP contribution in [-0.2, 0) is 9.09 Å². The monoisotopic (exact) mass is 138 g/mol. The van der Waals surface area contributed by atoms with Gasteiger partial charge in [0.15, 0.2) is 0 Å². The summed E-state index contributed by atoms with van der Waals surface area (Å²) in [6, 6.07) is 0. The minimum atomic E-state index is -4.16. The molecule has 1 aliphatic rings. The Morgan fingerprint density at radius 1 is 1.50 bits per heavy atom. The number of hydrogen-bond donors (Lipinski definition) is 2. The van der Waals surface area contributed by atoms with Gasteiger partial charge in [-0.25, -0.2) is 4.57 Å². The van der Waals surface area contributed by atoms with Gasteiger partial charge in [0.2, 0.25) is 0 Å². The van der Waals surface area contributed by atoms with E-state index in [4.69, 9.17) is 9.79 Å². The lowest BCUT2D eigenvalue weighted by atomic mass is 10.9. The summed E-state index contributed by atoms with van der Waals surface area (Å²) in [6.45, 7) is 0. The number of phosphoric ester groups is 1. The fourth-order valence-electron chi connectivity index (χ4n) is 0.368. The second kappa shape index (κ2) is 1.81. The van der Waals surface area contributed by atoms with Crippen LogP contribution in [-0.4, -0.2) is 15.9 Å². The zero-order valence-corrected chi connectivity index (χ0v) is 5.04. The fraction of sp³-hybridized carbons (Fsp3) is 1.00. The molecule has 48 valence electrons. The van der Waals surface area contributed by atoms with Crippen molar-refractivity contribution < 1.29 is 18.9 Å². The first-order valence-corrected chi connectivity index (χ1v) is 3.85. The summed E-state index contributed by atoms with van der Waals surface area (Å²) < 4.78 is 14.2. The summed E-state index contributed by atoms with van der Waals surface area (Å²) in [5.41, 5.74) is 0. The van der Waals surface area contributed by atoms with Crippen molar-refractivity contribution in [3.63, 3.8) is 0 Å². The Bertz CT molecular complexity index is 123. The molecule has 0 spiro atoms. The van der Waals surface area contributed by atoms with Crippen LogP contribution in [0.4, 0.5) is 0 Å². The highest BCUT2D eigenvalue weighted by Gasteiger charge is 2.30. The van der Waals surface area contributed by atoms with Gasteiger partial charge in [0, 0.05) is 0 Å². The molecule has 1 fully saturated rings. The normalized spacial score (nSPS) is 21.2. The van der Waals surface area contributed by atoms with Crippen molar-refractivity contribution in [2.24, 2.45) is 0 Å². The first-order valence-electron chi connectivity index (χ1n) is 2.32. The van der Waals surface area contributed by atoms with Crippen LogP contribution in [0.25, 0.3) is 0 Å². The van der Waals surface area contributed by atoms with Gasteiger partial charge in [-0.2, -0.15) is 0 Å². The van der Waals surface area contributed by atoms with Crippen LogP contribution in [0.2, 0.25) is 0 Å². The Labute approximate surface area is 46.7 Å². The van der Waals surface area contributed by atoms with E-state index in [2.05, 4.69) is 4.52 Å². The van der Waals surface area contributed by atoms with E-state index in [1.165, 1.54) is 0 Å². The molecule has 0 aromatic heterocycles. The Balaban J connectivity index is 2.26. The van der Waals surface area contributed by atoms with Crippen LogP contribution in [0, 0.1) is 0 Å².